The minimum atomic E-state index is -0.716. The van der Waals surface area contributed by atoms with Crippen molar-refractivity contribution in [2.24, 2.45) is 11.5 Å². The number of aliphatic hydroxyl groups excluding tert-OH is 1. The first-order chi connectivity index (χ1) is 34.9. The van der Waals surface area contributed by atoms with Gasteiger partial charge in [0.2, 0.25) is 0 Å². The maximum absolute atomic E-state index is 11.6. The van der Waals surface area contributed by atoms with Gasteiger partial charge in [0, 0.05) is 147 Å². The van der Waals surface area contributed by atoms with Crippen LogP contribution in [-0.4, -0.2) is 85.5 Å². The Morgan fingerprint density at radius 1 is 0.736 bits per heavy atom. The van der Waals surface area contributed by atoms with Crippen LogP contribution in [-0.2, 0) is 117 Å². The minimum absolute atomic E-state index is 0.0523. The molecule has 1 aromatic heterocycles. The molecule has 8 N–H and O–H groups in total. The number of hydrogen-bond donors (Lipinski definition) is 6. The number of hydrogen-bond acceptors (Lipinski definition) is 13. The molecule has 5 rings (SSSR count). The van der Waals surface area contributed by atoms with Crippen molar-refractivity contribution in [3.63, 3.8) is 0 Å². The molecule has 24 heteroatoms. The summed E-state index contributed by atoms with van der Waals surface area (Å²) in [5.41, 5.74) is 14.8. The van der Waals surface area contributed by atoms with E-state index in [4.69, 9.17) is 33.2 Å². The summed E-state index contributed by atoms with van der Waals surface area (Å²) < 4.78 is 9.00. The monoisotopic (exact) mass is 1200 g/mol. The first-order valence-electron chi connectivity index (χ1n) is 23.2. The summed E-state index contributed by atoms with van der Waals surface area (Å²) in [6.07, 6.45) is 12.1. The highest BCUT2D eigenvalue weighted by Crippen LogP contribution is 2.32. The maximum Gasteiger partial charge on any atom is 0.305 e. The fraction of sp³-hybridized carbons (Fsp3) is 0.479. The summed E-state index contributed by atoms with van der Waals surface area (Å²) in [7, 11) is 15.5. The molecule has 13 nitrogen and oxygen atoms in total. The third-order valence-corrected chi connectivity index (χ3v) is 26.0. The van der Waals surface area contributed by atoms with E-state index in [1.165, 1.54) is 38.4 Å². The molecular weight excluding hydrogens is 1130 g/mol. The summed E-state index contributed by atoms with van der Waals surface area (Å²) in [5, 5.41) is 27.3. The molecule has 2 heterocycles. The standard InChI is InChI=1S/C21H21ClN2O.C14H19NO3.C7H15NO2.C6H13NO2.S10/c22-15-10-8-14(9-11-15)20-13-17(16-5-1-2-6-18(16)24-20)21(25)19-7-3-4-12-23-19;1-18-13(16)10-6-3-7-11-15-14(17)12-8-4-2-5-9-12;1-10-7(9)5-3-2-4-6-8;7-5-3-1-2-4-6(8)9;1-3-5-7-9-10-8-6-4-2/h1-2,5-6,8-11,13,19,21,23,25H,3-4,7,12H2;2,4-5,8-9H,3,6-7,10-11H2,1H3,(H,15,17);2-6,8H2,1H3;1-5,7H2,(H,8,9);. The number of methoxy groups -OCH3 is 2. The third kappa shape index (κ3) is 33.3. The Kier molecular flexibility index (Phi) is 42.7. The largest absolute Gasteiger partial charge is 0.481 e. The number of benzene rings is 3. The van der Waals surface area contributed by atoms with Gasteiger partial charge in [0.05, 0.1) is 31.5 Å². The van der Waals surface area contributed by atoms with E-state index in [0.717, 1.165) is 105 Å². The Balaban J connectivity index is 0.000000485. The van der Waals surface area contributed by atoms with Crippen molar-refractivity contribution >= 4 is 140 Å². The van der Waals surface area contributed by atoms with Gasteiger partial charge in [-0.25, -0.2) is 4.98 Å². The van der Waals surface area contributed by atoms with Crippen LogP contribution in [0.25, 0.3) is 22.2 Å². The number of nitrogens with one attached hydrogen (secondary N) is 2. The van der Waals surface area contributed by atoms with Crippen LogP contribution in [0.3, 0.4) is 0 Å². The molecule has 400 valence electrons. The quantitative estimate of drug-likeness (QED) is 0.0364. The second-order valence-corrected chi connectivity index (χ2v) is 29.9. The summed E-state index contributed by atoms with van der Waals surface area (Å²) >= 11 is 15.3. The number of piperidine rings is 1. The van der Waals surface area contributed by atoms with Crippen LogP contribution in [0.15, 0.2) is 84.9 Å². The highest BCUT2D eigenvalue weighted by Gasteiger charge is 2.25. The van der Waals surface area contributed by atoms with Gasteiger partial charge in [-0.1, -0.05) is 85.8 Å². The molecule has 1 aliphatic heterocycles. The van der Waals surface area contributed by atoms with Gasteiger partial charge in [-0.3, -0.25) is 19.2 Å². The highest BCUT2D eigenvalue weighted by atomic mass is 35.5. The number of carboxylic acid groups (broad SMARTS) is 1. The topological polar surface area (TPSA) is 216 Å². The fourth-order valence-electron chi connectivity index (χ4n) is 6.51. The van der Waals surface area contributed by atoms with Crippen molar-refractivity contribution in [3.05, 3.63) is 101 Å². The second-order valence-electron chi connectivity index (χ2n) is 15.3. The molecule has 2 unspecified atom stereocenters. The number of unbranched alkanes of at least 4 members (excludes halogenated alkanes) is 6. The highest BCUT2D eigenvalue weighted by molar-refractivity contribution is 8.73. The van der Waals surface area contributed by atoms with Crippen LogP contribution in [0.4, 0.5) is 0 Å². The summed E-state index contributed by atoms with van der Waals surface area (Å²) in [5.74, 6) is -1.07. The number of carboxylic acids is 1. The molecule has 3 aromatic carbocycles. The van der Waals surface area contributed by atoms with Gasteiger partial charge in [0.1, 0.15) is 0 Å². The van der Waals surface area contributed by atoms with E-state index >= 15 is 0 Å². The van der Waals surface area contributed by atoms with E-state index < -0.39 is 12.1 Å². The van der Waals surface area contributed by atoms with Gasteiger partial charge in [-0.05, 0) is 113 Å². The Morgan fingerprint density at radius 3 is 1.81 bits per heavy atom. The Bertz CT molecular complexity index is 2510. The predicted molar refractivity (Wildman–Crippen MR) is 320 cm³/mol. The number of esters is 2. The van der Waals surface area contributed by atoms with Crippen LogP contribution in [0.5, 0.6) is 0 Å². The molecule has 2 atom stereocenters. The fourth-order valence-corrected chi connectivity index (χ4v) is 23.1. The molecule has 1 saturated heterocycles. The van der Waals surface area contributed by atoms with Crippen molar-refractivity contribution in [1.29, 1.82) is 0 Å². The minimum Gasteiger partial charge on any atom is -0.481 e. The summed E-state index contributed by atoms with van der Waals surface area (Å²) in [6, 6.07) is 26.9. The number of carbonyl (C=O) groups excluding carboxylic acids is 3. The van der Waals surface area contributed by atoms with E-state index in [-0.39, 0.29) is 30.3 Å². The van der Waals surface area contributed by atoms with Crippen molar-refractivity contribution in [3.8, 4) is 11.3 Å². The molecule has 0 saturated carbocycles. The van der Waals surface area contributed by atoms with Gasteiger partial charge in [0.15, 0.2) is 0 Å². The number of halogens is 1. The van der Waals surface area contributed by atoms with Crippen LogP contribution in [0.2, 0.25) is 5.02 Å². The van der Waals surface area contributed by atoms with Crippen molar-refractivity contribution in [2.45, 2.75) is 108 Å². The number of pyridine rings is 1. The number of carbonyl (C=O) groups is 4. The van der Waals surface area contributed by atoms with Gasteiger partial charge in [-0.15, -0.1) is 0 Å². The van der Waals surface area contributed by atoms with Crippen molar-refractivity contribution in [2.75, 3.05) is 40.4 Å². The molecule has 1 aliphatic rings. The van der Waals surface area contributed by atoms with E-state index in [0.29, 0.717) is 43.1 Å². The molecule has 1 amide bonds. The average molecular weight is 1200 g/mol. The number of ether oxygens (including phenoxy) is 2. The van der Waals surface area contributed by atoms with Crippen LogP contribution < -0.4 is 22.1 Å². The lowest BCUT2D eigenvalue weighted by molar-refractivity contribution is -0.141. The zero-order valence-corrected chi connectivity index (χ0v) is 49.5. The van der Waals surface area contributed by atoms with Crippen LogP contribution >= 0.6 is 11.6 Å². The number of aromatic nitrogens is 1. The number of para-hydroxylation sites is 1. The van der Waals surface area contributed by atoms with Gasteiger partial charge >= 0.3 is 17.9 Å². The number of nitrogens with zero attached hydrogens (tertiary/aromatic N) is 1. The Hall–Kier alpha value is -2.72. The number of aliphatic hydroxyl groups is 1. The predicted octanol–water partition coefficient (Wildman–Crippen LogP) is 8.13. The number of nitrogens with two attached hydrogens (primary N) is 2. The zero-order valence-electron chi connectivity index (χ0n) is 40.6. The molecule has 0 aliphatic carbocycles. The summed E-state index contributed by atoms with van der Waals surface area (Å²) in [4.78, 5) is 47.7. The zero-order chi connectivity index (χ0) is 53.0. The normalized spacial score (nSPS) is 12.5. The second kappa shape index (κ2) is 45.7. The van der Waals surface area contributed by atoms with Gasteiger partial charge in [-0.2, -0.15) is 0 Å². The van der Waals surface area contributed by atoms with E-state index in [2.05, 4.69) is 42.5 Å². The smallest absolute Gasteiger partial charge is 0.305 e. The van der Waals surface area contributed by atoms with Gasteiger partial charge < -0.3 is 41.8 Å². The lowest BCUT2D eigenvalue weighted by Crippen LogP contribution is -2.38. The van der Waals surface area contributed by atoms with Crippen molar-refractivity contribution < 1.29 is 38.9 Å². The summed E-state index contributed by atoms with van der Waals surface area (Å²) in [6.45, 7) is 2.98. The van der Waals surface area contributed by atoms with Crippen molar-refractivity contribution in [1.82, 2.24) is 15.6 Å². The van der Waals surface area contributed by atoms with Crippen LogP contribution in [0, 0.1) is 0 Å². The third-order valence-electron chi connectivity index (χ3n) is 10.1. The molecule has 0 spiro atoms. The van der Waals surface area contributed by atoms with Gasteiger partial charge in [0.25, 0.3) is 5.91 Å². The SMILES string of the molecule is COC(=O)CCCCCN.COC(=O)CCCCCNC(=O)c1ccccc1.NCCCCCC(=O)O.OC(c1cc(-c2ccc(Cl)cc2)nc2ccccc12)C1CCCCN1.S=S=S=S=S=S=S=S=S=S. The number of amides is 1. The molecule has 1 fully saturated rings. The first kappa shape index (κ1) is 67.3. The first-order valence-corrected chi connectivity index (χ1v) is 35.6. The number of fused-ring (bicyclic) bond motifs is 1. The molecular formula is C48H68ClN5O8S10. The molecule has 72 heavy (non-hydrogen) atoms. The number of rotatable bonds is 20. The van der Waals surface area contributed by atoms with Crippen LogP contribution in [0.1, 0.15) is 118 Å². The molecule has 0 radical (unpaired) electrons. The Labute approximate surface area is 462 Å². The average Bonchev–Trinajstić information content (AvgIpc) is 3.41. The van der Waals surface area contributed by atoms with E-state index in [9.17, 15) is 24.3 Å². The number of aliphatic carboxylic acids is 1. The lowest BCUT2D eigenvalue weighted by atomic mass is 9.92. The maximum atomic E-state index is 11.6. The molecule has 0 bridgehead atoms. The molecule has 4 aromatic rings. The van der Waals surface area contributed by atoms with E-state index in [1.807, 2.05) is 72.8 Å². The van der Waals surface area contributed by atoms with E-state index in [1.54, 1.807) is 65.4 Å². The lowest BCUT2D eigenvalue weighted by Gasteiger charge is -2.29. The Morgan fingerprint density at radius 2 is 1.28 bits per heavy atom.